The van der Waals surface area contributed by atoms with Gasteiger partial charge in [-0.3, -0.25) is 4.79 Å². The summed E-state index contributed by atoms with van der Waals surface area (Å²) in [5.41, 5.74) is 2.83. The number of nitrogens with one attached hydrogen (secondary N) is 1. The van der Waals surface area contributed by atoms with Gasteiger partial charge in [-0.25, -0.2) is 0 Å². The van der Waals surface area contributed by atoms with Gasteiger partial charge in [-0.05, 0) is 38.2 Å². The molecule has 110 valence electrons. The van der Waals surface area contributed by atoms with Crippen LogP contribution in [0.15, 0.2) is 4.52 Å². The normalized spacial score (nSPS) is 12.0. The smallest absolute Gasteiger partial charge is 0.225 e. The molecular weight excluding hydrogens is 288 g/mol. The second-order valence-electron chi connectivity index (χ2n) is 4.98. The van der Waals surface area contributed by atoms with Crippen LogP contribution in [0, 0.1) is 32.1 Å². The molecule has 0 saturated heterocycles. The fourth-order valence-corrected chi connectivity index (χ4v) is 3.10. The van der Waals surface area contributed by atoms with Gasteiger partial charge in [0.1, 0.15) is 22.4 Å². The van der Waals surface area contributed by atoms with Gasteiger partial charge < -0.3 is 9.84 Å². The molecule has 2 aromatic heterocycles. The van der Waals surface area contributed by atoms with Crippen molar-refractivity contribution in [1.82, 2.24) is 9.53 Å². The van der Waals surface area contributed by atoms with Crippen molar-refractivity contribution in [2.45, 2.75) is 40.0 Å². The van der Waals surface area contributed by atoms with Crippen LogP contribution in [0.5, 0.6) is 0 Å². The number of aromatic nitrogens is 2. The molecular formula is C14H16N4O2S. The summed E-state index contributed by atoms with van der Waals surface area (Å²) in [5, 5.41) is 16.2. The van der Waals surface area contributed by atoms with E-state index in [1.165, 1.54) is 0 Å². The Labute approximate surface area is 126 Å². The third kappa shape index (κ3) is 3.11. The average molecular weight is 304 g/mol. The molecule has 0 aliphatic rings. The Morgan fingerprint density at radius 3 is 2.71 bits per heavy atom. The van der Waals surface area contributed by atoms with Crippen molar-refractivity contribution in [3.05, 3.63) is 28.3 Å². The predicted molar refractivity (Wildman–Crippen MR) is 79.2 cm³/mol. The molecule has 0 spiro atoms. The molecule has 0 aromatic carbocycles. The van der Waals surface area contributed by atoms with Gasteiger partial charge in [0.05, 0.1) is 11.4 Å². The summed E-state index contributed by atoms with van der Waals surface area (Å²) < 4.78 is 9.20. The van der Waals surface area contributed by atoms with Crippen LogP contribution in [-0.4, -0.2) is 15.4 Å². The number of anilines is 1. The van der Waals surface area contributed by atoms with E-state index in [0.717, 1.165) is 28.6 Å². The SMILES string of the molecule is Cc1nsc(NC(=O)CC(C)c2c(C)noc2C)c1C#N. The molecule has 0 radical (unpaired) electrons. The average Bonchev–Trinajstić information content (AvgIpc) is 2.92. The number of rotatable bonds is 4. The van der Waals surface area contributed by atoms with E-state index in [-0.39, 0.29) is 11.8 Å². The monoisotopic (exact) mass is 304 g/mol. The van der Waals surface area contributed by atoms with Crippen LogP contribution >= 0.6 is 11.5 Å². The van der Waals surface area contributed by atoms with E-state index in [1.807, 2.05) is 20.8 Å². The Kier molecular flexibility index (Phi) is 4.38. The van der Waals surface area contributed by atoms with Crippen LogP contribution in [0.25, 0.3) is 0 Å². The molecule has 0 fully saturated rings. The molecule has 1 atom stereocenters. The van der Waals surface area contributed by atoms with Gasteiger partial charge >= 0.3 is 0 Å². The zero-order valence-corrected chi connectivity index (χ0v) is 13.2. The van der Waals surface area contributed by atoms with Crippen molar-refractivity contribution in [1.29, 1.82) is 5.26 Å². The Hall–Kier alpha value is -2.20. The van der Waals surface area contributed by atoms with Crippen molar-refractivity contribution >= 4 is 22.4 Å². The van der Waals surface area contributed by atoms with Gasteiger partial charge in [0.15, 0.2) is 0 Å². The predicted octanol–water partition coefficient (Wildman–Crippen LogP) is 3.06. The Bertz CT molecular complexity index is 692. The number of carbonyl (C=O) groups is 1. The van der Waals surface area contributed by atoms with Crippen LogP contribution in [-0.2, 0) is 4.79 Å². The van der Waals surface area contributed by atoms with E-state index < -0.39 is 0 Å². The van der Waals surface area contributed by atoms with Crippen molar-refractivity contribution < 1.29 is 9.32 Å². The molecule has 0 aliphatic heterocycles. The highest BCUT2D eigenvalue weighted by Crippen LogP contribution is 2.28. The molecule has 1 N–H and O–H groups in total. The highest BCUT2D eigenvalue weighted by Gasteiger charge is 2.20. The summed E-state index contributed by atoms with van der Waals surface area (Å²) in [6.45, 7) is 7.40. The Morgan fingerprint density at radius 2 is 2.14 bits per heavy atom. The minimum atomic E-state index is -0.150. The summed E-state index contributed by atoms with van der Waals surface area (Å²) in [4.78, 5) is 12.1. The summed E-state index contributed by atoms with van der Waals surface area (Å²) >= 11 is 1.12. The van der Waals surface area contributed by atoms with Crippen LogP contribution in [0.2, 0.25) is 0 Å². The van der Waals surface area contributed by atoms with E-state index in [1.54, 1.807) is 6.92 Å². The number of carbonyl (C=O) groups excluding carboxylic acids is 1. The zero-order valence-electron chi connectivity index (χ0n) is 12.4. The number of aryl methyl sites for hydroxylation is 3. The molecule has 6 nitrogen and oxygen atoms in total. The lowest BCUT2D eigenvalue weighted by atomic mass is 9.96. The molecule has 7 heteroatoms. The van der Waals surface area contributed by atoms with Gasteiger partial charge in [-0.15, -0.1) is 0 Å². The highest BCUT2D eigenvalue weighted by molar-refractivity contribution is 7.10. The Balaban J connectivity index is 2.07. The number of hydrogen-bond donors (Lipinski definition) is 1. The van der Waals surface area contributed by atoms with Crippen molar-refractivity contribution in [2.75, 3.05) is 5.32 Å². The zero-order chi connectivity index (χ0) is 15.6. The van der Waals surface area contributed by atoms with Crippen molar-refractivity contribution in [3.63, 3.8) is 0 Å². The van der Waals surface area contributed by atoms with Gasteiger partial charge in [0.25, 0.3) is 0 Å². The lowest BCUT2D eigenvalue weighted by molar-refractivity contribution is -0.116. The van der Waals surface area contributed by atoms with Crippen molar-refractivity contribution in [2.24, 2.45) is 0 Å². The quantitative estimate of drug-likeness (QED) is 0.937. The summed E-state index contributed by atoms with van der Waals surface area (Å²) in [5.74, 6) is 0.581. The van der Waals surface area contributed by atoms with E-state index in [4.69, 9.17) is 9.78 Å². The standard InChI is InChI=1S/C14H16N4O2S/c1-7(13-9(3)17-20-10(13)4)5-12(19)16-14-11(6-15)8(2)18-21-14/h7H,5H2,1-4H3,(H,16,19). The molecule has 2 heterocycles. The molecule has 21 heavy (non-hydrogen) atoms. The number of nitrogens with zero attached hydrogens (tertiary/aromatic N) is 3. The molecule has 0 bridgehead atoms. The van der Waals surface area contributed by atoms with Crippen LogP contribution < -0.4 is 5.32 Å². The molecule has 1 amide bonds. The number of amides is 1. The lowest BCUT2D eigenvalue weighted by Gasteiger charge is -2.10. The first-order valence-electron chi connectivity index (χ1n) is 6.53. The highest BCUT2D eigenvalue weighted by atomic mass is 32.1. The molecule has 0 saturated carbocycles. The van der Waals surface area contributed by atoms with E-state index in [0.29, 0.717) is 22.7 Å². The number of hydrogen-bond acceptors (Lipinski definition) is 6. The van der Waals surface area contributed by atoms with Gasteiger partial charge in [0.2, 0.25) is 5.91 Å². The summed E-state index contributed by atoms with van der Waals surface area (Å²) in [6, 6.07) is 2.06. The Morgan fingerprint density at radius 1 is 1.43 bits per heavy atom. The third-order valence-electron chi connectivity index (χ3n) is 3.30. The van der Waals surface area contributed by atoms with E-state index in [2.05, 4.69) is 20.9 Å². The first kappa shape index (κ1) is 15.2. The largest absolute Gasteiger partial charge is 0.361 e. The second kappa shape index (κ2) is 6.06. The fourth-order valence-electron chi connectivity index (χ4n) is 2.34. The minimum Gasteiger partial charge on any atom is -0.361 e. The maximum atomic E-state index is 12.1. The third-order valence-corrected chi connectivity index (χ3v) is 4.15. The van der Waals surface area contributed by atoms with Gasteiger partial charge in [-0.1, -0.05) is 12.1 Å². The van der Waals surface area contributed by atoms with Gasteiger partial charge in [0, 0.05) is 12.0 Å². The first-order valence-corrected chi connectivity index (χ1v) is 7.30. The second-order valence-corrected chi connectivity index (χ2v) is 5.75. The molecule has 2 aromatic rings. The lowest BCUT2D eigenvalue weighted by Crippen LogP contribution is -2.15. The van der Waals surface area contributed by atoms with E-state index in [9.17, 15) is 4.79 Å². The first-order chi connectivity index (χ1) is 9.93. The molecule has 2 rings (SSSR count). The van der Waals surface area contributed by atoms with Gasteiger partial charge in [-0.2, -0.15) is 9.64 Å². The minimum absolute atomic E-state index is 0.00389. The van der Waals surface area contributed by atoms with Crippen LogP contribution in [0.1, 0.15) is 47.5 Å². The topological polar surface area (TPSA) is 91.8 Å². The summed E-state index contributed by atoms with van der Waals surface area (Å²) in [7, 11) is 0. The summed E-state index contributed by atoms with van der Waals surface area (Å²) in [6.07, 6.45) is 0.296. The van der Waals surface area contributed by atoms with E-state index >= 15 is 0 Å². The molecule has 0 aliphatic carbocycles. The van der Waals surface area contributed by atoms with Crippen molar-refractivity contribution in [3.8, 4) is 6.07 Å². The maximum Gasteiger partial charge on any atom is 0.225 e. The number of nitriles is 1. The molecule has 1 unspecified atom stereocenters. The van der Waals surface area contributed by atoms with Crippen LogP contribution in [0.3, 0.4) is 0 Å². The van der Waals surface area contributed by atoms with Crippen LogP contribution in [0.4, 0.5) is 5.00 Å². The fraction of sp³-hybridized carbons (Fsp3) is 0.429. The maximum absolute atomic E-state index is 12.1.